The fourth-order valence-corrected chi connectivity index (χ4v) is 4.42. The fourth-order valence-electron chi connectivity index (χ4n) is 4.42. The van der Waals surface area contributed by atoms with E-state index in [1.165, 1.54) is 12.5 Å². The van der Waals surface area contributed by atoms with Gasteiger partial charge in [-0.2, -0.15) is 0 Å². The third kappa shape index (κ3) is 9.14. The zero-order valence-electron chi connectivity index (χ0n) is 23.0. The van der Waals surface area contributed by atoms with E-state index in [1.54, 1.807) is 6.20 Å². The Morgan fingerprint density at radius 1 is 0.905 bits per heavy atom. The molecule has 4 atom stereocenters. The van der Waals surface area contributed by atoms with Gasteiger partial charge in [0.05, 0.1) is 18.8 Å². The second-order valence-corrected chi connectivity index (χ2v) is 9.93. The van der Waals surface area contributed by atoms with Crippen LogP contribution in [0.15, 0.2) is 43.0 Å². The van der Waals surface area contributed by atoms with Crippen LogP contribution in [0.1, 0.15) is 36.9 Å². The molecule has 12 N–H and O–H groups in total. The van der Waals surface area contributed by atoms with Gasteiger partial charge in [0.15, 0.2) is 0 Å². The Morgan fingerprint density at radius 3 is 2.26 bits per heavy atom. The van der Waals surface area contributed by atoms with Gasteiger partial charge in [0.2, 0.25) is 23.6 Å². The van der Waals surface area contributed by atoms with Crippen molar-refractivity contribution in [3.8, 4) is 0 Å². The van der Waals surface area contributed by atoms with Crippen LogP contribution in [0, 0.1) is 0 Å². The van der Waals surface area contributed by atoms with Crippen molar-refractivity contribution in [2.75, 3.05) is 6.54 Å². The van der Waals surface area contributed by atoms with Crippen LogP contribution in [0.25, 0.3) is 10.9 Å². The van der Waals surface area contributed by atoms with Gasteiger partial charge >= 0.3 is 5.97 Å². The average Bonchev–Trinajstić information content (AvgIpc) is 3.61. The summed E-state index contributed by atoms with van der Waals surface area (Å²) in [4.78, 5) is 72.9. The SMILES string of the molecule is NCCCCC(N)C(=O)NC(Cc1c[nH]c2ccccc12)C(=O)NC(CC(N)=O)C(=O)NC(Cc1cnc[nH]1)C(=O)O. The number of aliphatic carboxylic acids is 1. The number of H-pyrrole nitrogens is 2. The number of para-hydroxylation sites is 1. The number of unbranched alkanes of at least 4 members (excludes halogenated alkanes) is 1. The van der Waals surface area contributed by atoms with E-state index < -0.39 is 60.2 Å². The highest BCUT2D eigenvalue weighted by Gasteiger charge is 2.32. The Balaban J connectivity index is 1.80. The maximum Gasteiger partial charge on any atom is 0.326 e. The third-order valence-corrected chi connectivity index (χ3v) is 6.67. The van der Waals surface area contributed by atoms with Crippen LogP contribution >= 0.6 is 0 Å². The van der Waals surface area contributed by atoms with Gasteiger partial charge in [-0.3, -0.25) is 19.2 Å². The first-order chi connectivity index (χ1) is 20.1. The highest BCUT2D eigenvalue weighted by atomic mass is 16.4. The van der Waals surface area contributed by atoms with Gasteiger partial charge in [0, 0.05) is 41.8 Å². The normalized spacial score (nSPS) is 14.0. The van der Waals surface area contributed by atoms with Crippen LogP contribution in [0.2, 0.25) is 0 Å². The molecule has 4 amide bonds. The summed E-state index contributed by atoms with van der Waals surface area (Å²) in [5.41, 5.74) is 18.9. The van der Waals surface area contributed by atoms with Crippen molar-refractivity contribution in [1.82, 2.24) is 30.9 Å². The third-order valence-electron chi connectivity index (χ3n) is 6.67. The first-order valence-corrected chi connectivity index (χ1v) is 13.5. The summed E-state index contributed by atoms with van der Waals surface area (Å²) in [6, 6.07) is 2.38. The van der Waals surface area contributed by atoms with Gasteiger partial charge in [-0.15, -0.1) is 0 Å². The molecule has 0 aliphatic carbocycles. The van der Waals surface area contributed by atoms with Crippen LogP contribution in [0.4, 0.5) is 0 Å². The molecule has 0 saturated heterocycles. The van der Waals surface area contributed by atoms with Crippen molar-refractivity contribution in [3.63, 3.8) is 0 Å². The summed E-state index contributed by atoms with van der Waals surface area (Å²) in [5, 5.41) is 17.9. The molecule has 2 heterocycles. The van der Waals surface area contributed by atoms with Crippen molar-refractivity contribution in [1.29, 1.82) is 0 Å². The van der Waals surface area contributed by atoms with Crippen molar-refractivity contribution < 1.29 is 29.1 Å². The molecule has 3 aromatic rings. The summed E-state index contributed by atoms with van der Waals surface area (Å²) >= 11 is 0. The molecule has 0 fully saturated rings. The van der Waals surface area contributed by atoms with Crippen LogP contribution < -0.4 is 33.2 Å². The monoisotopic (exact) mass is 583 g/mol. The summed E-state index contributed by atoms with van der Waals surface area (Å²) in [6.45, 7) is 0.452. The molecule has 0 spiro atoms. The van der Waals surface area contributed by atoms with Crippen molar-refractivity contribution in [2.24, 2.45) is 17.2 Å². The predicted molar refractivity (Wildman–Crippen MR) is 152 cm³/mol. The lowest BCUT2D eigenvalue weighted by atomic mass is 10.0. The summed E-state index contributed by atoms with van der Waals surface area (Å²) in [6.07, 6.45) is 5.42. The van der Waals surface area contributed by atoms with Gasteiger partial charge in [-0.1, -0.05) is 24.6 Å². The van der Waals surface area contributed by atoms with Crippen molar-refractivity contribution in [3.05, 3.63) is 54.2 Å². The highest BCUT2D eigenvalue weighted by molar-refractivity contribution is 5.96. The van der Waals surface area contributed by atoms with Gasteiger partial charge in [0.1, 0.15) is 18.1 Å². The Morgan fingerprint density at radius 2 is 1.60 bits per heavy atom. The number of nitrogens with two attached hydrogens (primary N) is 3. The summed E-state index contributed by atoms with van der Waals surface area (Å²) in [7, 11) is 0. The molecule has 0 radical (unpaired) electrons. The van der Waals surface area contributed by atoms with E-state index in [0.29, 0.717) is 37.1 Å². The van der Waals surface area contributed by atoms with Gasteiger partial charge in [0.25, 0.3) is 0 Å². The molecule has 1 aromatic carbocycles. The number of hydrogen-bond acceptors (Lipinski definition) is 8. The molecule has 2 aromatic heterocycles. The van der Waals surface area contributed by atoms with Crippen molar-refractivity contribution in [2.45, 2.75) is 62.7 Å². The second-order valence-electron chi connectivity index (χ2n) is 9.93. The molecule has 15 heteroatoms. The Bertz CT molecular complexity index is 1370. The Labute approximate surface area is 241 Å². The number of carboxylic acids is 1. The first-order valence-electron chi connectivity index (χ1n) is 13.5. The minimum Gasteiger partial charge on any atom is -0.480 e. The van der Waals surface area contributed by atoms with E-state index in [4.69, 9.17) is 17.2 Å². The van der Waals surface area contributed by atoms with Gasteiger partial charge < -0.3 is 48.2 Å². The van der Waals surface area contributed by atoms with E-state index in [2.05, 4.69) is 30.9 Å². The number of rotatable bonds is 17. The number of carbonyl (C=O) groups is 5. The zero-order valence-corrected chi connectivity index (χ0v) is 23.0. The molecule has 15 nitrogen and oxygen atoms in total. The number of carboxylic acid groups (broad SMARTS) is 1. The van der Waals surface area contributed by atoms with Crippen LogP contribution in [0.5, 0.6) is 0 Å². The number of benzene rings is 1. The number of aromatic nitrogens is 3. The van der Waals surface area contributed by atoms with E-state index in [1.807, 2.05) is 24.3 Å². The number of hydrogen-bond donors (Lipinski definition) is 9. The van der Waals surface area contributed by atoms with E-state index >= 15 is 0 Å². The summed E-state index contributed by atoms with van der Waals surface area (Å²) < 4.78 is 0. The molecule has 0 bridgehead atoms. The largest absolute Gasteiger partial charge is 0.480 e. The van der Waals surface area contributed by atoms with Gasteiger partial charge in [-0.25, -0.2) is 9.78 Å². The quantitative estimate of drug-likeness (QED) is 0.0840. The standard InChI is InChI=1S/C27H37N9O6/c28-8-4-3-6-18(29)24(38)34-20(9-15-12-32-19-7-2-1-5-17(15)19)25(39)35-21(11-23(30)37)26(40)36-22(27(41)42)10-16-13-31-14-33-16/h1-2,5,7,12-14,18,20-22,32H,3-4,6,8-11,28-29H2,(H2,30,37)(H,31,33)(H,34,38)(H,35,39)(H,36,40)(H,41,42). The molecular weight excluding hydrogens is 546 g/mol. The number of fused-ring (bicyclic) bond motifs is 1. The number of carbonyl (C=O) groups excluding carboxylic acids is 4. The number of nitrogens with zero attached hydrogens (tertiary/aromatic N) is 1. The molecule has 0 aliphatic heterocycles. The van der Waals surface area contributed by atoms with Crippen LogP contribution in [-0.4, -0.2) is 80.4 Å². The lowest BCUT2D eigenvalue weighted by Gasteiger charge is -2.25. The number of imidazole rings is 1. The smallest absolute Gasteiger partial charge is 0.326 e. The van der Waals surface area contributed by atoms with E-state index in [9.17, 15) is 29.1 Å². The Hall–Kier alpha value is -4.76. The molecule has 42 heavy (non-hydrogen) atoms. The molecule has 3 rings (SSSR count). The highest BCUT2D eigenvalue weighted by Crippen LogP contribution is 2.19. The molecular formula is C27H37N9O6. The predicted octanol–water partition coefficient (Wildman–Crippen LogP) is -1.45. The maximum atomic E-state index is 13.5. The second kappa shape index (κ2) is 15.3. The fraction of sp³-hybridized carbons (Fsp3) is 0.407. The first kappa shape index (κ1) is 31.8. The lowest BCUT2D eigenvalue weighted by Crippen LogP contribution is -2.58. The lowest BCUT2D eigenvalue weighted by molar-refractivity contribution is -0.142. The minimum absolute atomic E-state index is 0.0274. The maximum absolute atomic E-state index is 13.5. The van der Waals surface area contributed by atoms with E-state index in [-0.39, 0.29) is 12.8 Å². The minimum atomic E-state index is -1.51. The van der Waals surface area contributed by atoms with Crippen LogP contribution in [0.3, 0.4) is 0 Å². The number of aromatic amines is 2. The van der Waals surface area contributed by atoms with Crippen molar-refractivity contribution >= 4 is 40.5 Å². The number of primary amides is 1. The topological polar surface area (TPSA) is 264 Å². The number of nitrogens with one attached hydrogen (secondary N) is 5. The van der Waals surface area contributed by atoms with E-state index in [0.717, 1.165) is 10.9 Å². The Kier molecular flexibility index (Phi) is 11.6. The van der Waals surface area contributed by atoms with Crippen LogP contribution in [-0.2, 0) is 36.8 Å². The molecule has 0 aliphatic rings. The molecule has 0 saturated carbocycles. The molecule has 226 valence electrons. The zero-order chi connectivity index (χ0) is 30.6. The summed E-state index contributed by atoms with van der Waals surface area (Å²) in [5.74, 6) is -4.55. The molecule has 4 unspecified atom stereocenters. The number of amides is 4. The average molecular weight is 584 g/mol. The van der Waals surface area contributed by atoms with Gasteiger partial charge in [-0.05, 0) is 31.0 Å².